The van der Waals surface area contributed by atoms with Crippen LogP contribution in [0.3, 0.4) is 0 Å². The summed E-state index contributed by atoms with van der Waals surface area (Å²) in [6, 6.07) is 2.15. The quantitative estimate of drug-likeness (QED) is 0.432. The van der Waals surface area contributed by atoms with Crippen molar-refractivity contribution < 1.29 is 18.3 Å². The summed E-state index contributed by atoms with van der Waals surface area (Å²) in [5.41, 5.74) is 1.48. The van der Waals surface area contributed by atoms with Crippen LogP contribution in [0.15, 0.2) is 12.3 Å². The molecule has 1 saturated carbocycles. The molecule has 3 aromatic rings. The Morgan fingerprint density at radius 3 is 2.91 bits per heavy atom. The van der Waals surface area contributed by atoms with Gasteiger partial charge in [-0.05, 0) is 44.2 Å². The van der Waals surface area contributed by atoms with E-state index in [4.69, 9.17) is 14.8 Å². The Morgan fingerprint density at radius 2 is 2.20 bits per heavy atom. The summed E-state index contributed by atoms with van der Waals surface area (Å²) in [5.74, 6) is 1.14. The van der Waals surface area contributed by atoms with Crippen molar-refractivity contribution in [3.05, 3.63) is 29.5 Å². The molecule has 4 atom stereocenters. The molecule has 0 aromatic carbocycles. The molecule has 3 aromatic heterocycles. The summed E-state index contributed by atoms with van der Waals surface area (Å²) < 4.78 is 34.4. The molecule has 3 aliphatic heterocycles. The van der Waals surface area contributed by atoms with E-state index in [0.29, 0.717) is 30.6 Å². The fraction of sp³-hybridized carbons (Fsp3) is 0.636. The number of aromatic nitrogens is 6. The van der Waals surface area contributed by atoms with Gasteiger partial charge in [-0.1, -0.05) is 6.92 Å². The second-order valence-electron chi connectivity index (χ2n) is 10.3. The third-order valence-corrected chi connectivity index (χ3v) is 9.05. The minimum Gasteiger partial charge on any atom is -0.396 e. The number of ether oxygens (including phenoxy) is 1. The highest BCUT2D eigenvalue weighted by atomic mass is 32.2. The Kier molecular flexibility index (Phi) is 4.93. The smallest absolute Gasteiger partial charge is 0.255 e. The van der Waals surface area contributed by atoms with Crippen LogP contribution in [0.4, 0.5) is 11.6 Å². The zero-order valence-electron chi connectivity index (χ0n) is 20.0. The van der Waals surface area contributed by atoms with Gasteiger partial charge in [-0.15, -0.1) is 10.2 Å². The van der Waals surface area contributed by atoms with E-state index < -0.39 is 21.0 Å². The normalized spacial score (nSPS) is 30.2. The van der Waals surface area contributed by atoms with E-state index in [1.54, 1.807) is 6.92 Å². The average Bonchev–Trinajstić information content (AvgIpc) is 3.61. The summed E-state index contributed by atoms with van der Waals surface area (Å²) in [4.78, 5) is 11.6. The Balaban J connectivity index is 1.37. The lowest BCUT2D eigenvalue weighted by Crippen LogP contribution is -2.53. The van der Waals surface area contributed by atoms with Crippen molar-refractivity contribution in [3.8, 4) is 0 Å². The maximum absolute atomic E-state index is 12.0. The number of hydrogen-bond donors (Lipinski definition) is 3. The van der Waals surface area contributed by atoms with E-state index in [9.17, 15) is 13.5 Å². The largest absolute Gasteiger partial charge is 0.396 e. The van der Waals surface area contributed by atoms with E-state index in [-0.39, 0.29) is 24.2 Å². The lowest BCUT2D eigenvalue weighted by Gasteiger charge is -2.49. The van der Waals surface area contributed by atoms with Crippen molar-refractivity contribution in [2.45, 2.75) is 45.1 Å². The summed E-state index contributed by atoms with van der Waals surface area (Å²) in [7, 11) is -3.52. The number of H-pyrrole nitrogens is 1. The number of nitrogens with zero attached hydrogens (tertiary/aromatic N) is 6. The summed E-state index contributed by atoms with van der Waals surface area (Å²) in [6.07, 6.45) is 3.74. The van der Waals surface area contributed by atoms with Gasteiger partial charge >= 0.3 is 0 Å². The van der Waals surface area contributed by atoms with Gasteiger partial charge in [0.05, 0.1) is 36.8 Å². The maximum Gasteiger partial charge on any atom is 0.255 e. The van der Waals surface area contributed by atoms with Crippen LogP contribution in [0, 0.1) is 18.3 Å². The Hall–Kier alpha value is -2.77. The van der Waals surface area contributed by atoms with Gasteiger partial charge in [0, 0.05) is 18.5 Å². The monoisotopic (exact) mass is 502 g/mol. The second-order valence-corrected chi connectivity index (χ2v) is 12.3. The molecule has 2 bridgehead atoms. The number of aryl methyl sites for hydroxylation is 1. The fourth-order valence-corrected chi connectivity index (χ4v) is 6.44. The fourth-order valence-electron chi connectivity index (χ4n) is 5.92. The molecule has 188 valence electrons. The second kappa shape index (κ2) is 7.61. The molecule has 3 N–H and O–H groups in total. The summed E-state index contributed by atoms with van der Waals surface area (Å²) >= 11 is 0. The lowest BCUT2D eigenvalue weighted by molar-refractivity contribution is -0.0714. The molecule has 6 heterocycles. The number of aromatic amines is 1. The number of pyridine rings is 1. The van der Waals surface area contributed by atoms with Crippen LogP contribution in [0.2, 0.25) is 0 Å². The first-order valence-electron chi connectivity index (χ1n) is 12.0. The minimum absolute atomic E-state index is 0.0281. The average molecular weight is 503 g/mol. The number of aliphatic hydroxyl groups excluding tert-OH is 1. The van der Waals surface area contributed by atoms with E-state index in [2.05, 4.69) is 37.8 Å². The van der Waals surface area contributed by atoms with Gasteiger partial charge in [0.25, 0.3) is 5.95 Å². The molecule has 1 aliphatic carbocycles. The molecular weight excluding hydrogens is 472 g/mol. The maximum atomic E-state index is 12.0. The van der Waals surface area contributed by atoms with Crippen molar-refractivity contribution in [1.29, 1.82) is 0 Å². The van der Waals surface area contributed by atoms with Crippen LogP contribution in [0.5, 0.6) is 0 Å². The van der Waals surface area contributed by atoms with Crippen molar-refractivity contribution in [3.63, 3.8) is 0 Å². The Bertz CT molecular complexity index is 1400. The first-order chi connectivity index (χ1) is 16.7. The lowest BCUT2D eigenvalue weighted by atomic mass is 9.53. The first kappa shape index (κ1) is 22.7. The molecule has 0 radical (unpaired) electrons. The molecule has 0 amide bonds. The van der Waals surface area contributed by atoms with Crippen LogP contribution >= 0.6 is 0 Å². The van der Waals surface area contributed by atoms with E-state index in [1.807, 2.05) is 17.6 Å². The van der Waals surface area contributed by atoms with Gasteiger partial charge in [0.2, 0.25) is 10.0 Å². The van der Waals surface area contributed by atoms with Gasteiger partial charge in [0.1, 0.15) is 11.4 Å². The van der Waals surface area contributed by atoms with E-state index in [0.717, 1.165) is 30.0 Å². The van der Waals surface area contributed by atoms with Crippen LogP contribution in [0.1, 0.15) is 49.8 Å². The molecule has 4 aliphatic rings. The zero-order chi connectivity index (χ0) is 24.6. The number of fused-ring (bicyclic) bond motifs is 2. The minimum atomic E-state index is -3.52. The third kappa shape index (κ3) is 3.35. The highest BCUT2D eigenvalue weighted by molar-refractivity contribution is 7.92. The number of nitrogens with one attached hydrogen (secondary N) is 2. The first-order valence-corrected chi connectivity index (χ1v) is 13.6. The van der Waals surface area contributed by atoms with Crippen molar-refractivity contribution in [1.82, 2.24) is 29.8 Å². The SMILES string of the molecule is CCS(=O)(=O)Nc1n[nH]c(C2C3(CO)COC2(c2nc4c(C)cc(N5CCC(C)C5)cn4n2)C3)n1. The highest BCUT2D eigenvalue weighted by Crippen LogP contribution is 2.70. The van der Waals surface area contributed by atoms with Crippen LogP contribution in [-0.2, 0) is 20.4 Å². The number of sulfonamides is 1. The summed E-state index contributed by atoms with van der Waals surface area (Å²) in [6.45, 7) is 8.12. The van der Waals surface area contributed by atoms with Crippen LogP contribution < -0.4 is 9.62 Å². The Labute approximate surface area is 203 Å². The van der Waals surface area contributed by atoms with Gasteiger partial charge in [0.15, 0.2) is 11.5 Å². The topological polar surface area (TPSA) is 151 Å². The van der Waals surface area contributed by atoms with Crippen LogP contribution in [-0.4, -0.2) is 75.4 Å². The molecule has 3 saturated heterocycles. The number of hydrogen-bond acceptors (Lipinski definition) is 9. The van der Waals surface area contributed by atoms with E-state index in [1.165, 1.54) is 6.42 Å². The molecule has 0 spiro atoms. The van der Waals surface area contributed by atoms with Crippen LogP contribution in [0.25, 0.3) is 5.65 Å². The van der Waals surface area contributed by atoms with Crippen molar-refractivity contribution >= 4 is 27.3 Å². The van der Waals surface area contributed by atoms with Gasteiger partial charge in [-0.3, -0.25) is 5.10 Å². The molecule has 12 nitrogen and oxygen atoms in total. The molecule has 13 heteroatoms. The molecule has 7 rings (SSSR count). The zero-order valence-corrected chi connectivity index (χ0v) is 20.8. The summed E-state index contributed by atoms with van der Waals surface area (Å²) in [5, 5.41) is 22.0. The third-order valence-electron chi connectivity index (χ3n) is 7.80. The molecule has 4 unspecified atom stereocenters. The standard InChI is InChI=1S/C22H30N8O4S/c1-4-35(32,33)28-20-23-17(25-26-20)16-21(11-31)10-22(16,34-12-21)19-24-18-14(3)7-15(9-30(18)27-19)29-6-5-13(2)8-29/h7,9,13,16,31H,4-6,8,10-12H2,1-3H3,(H2,23,25,26,28). The van der Waals surface area contributed by atoms with Crippen molar-refractivity contribution in [2.24, 2.45) is 11.3 Å². The van der Waals surface area contributed by atoms with Crippen molar-refractivity contribution in [2.75, 3.05) is 41.7 Å². The number of rotatable bonds is 7. The van der Waals surface area contributed by atoms with Gasteiger partial charge in [-0.25, -0.2) is 22.6 Å². The van der Waals surface area contributed by atoms with Gasteiger partial charge < -0.3 is 14.7 Å². The molecule has 35 heavy (non-hydrogen) atoms. The highest BCUT2D eigenvalue weighted by Gasteiger charge is 2.74. The molecule has 4 fully saturated rings. The van der Waals surface area contributed by atoms with Gasteiger partial charge in [-0.2, -0.15) is 4.98 Å². The number of aliphatic hydroxyl groups is 1. The van der Waals surface area contributed by atoms with E-state index >= 15 is 0 Å². The predicted octanol–water partition coefficient (Wildman–Crippen LogP) is 1.16. The molecular formula is C22H30N8O4S. The Morgan fingerprint density at radius 1 is 1.37 bits per heavy atom. The predicted molar refractivity (Wildman–Crippen MR) is 128 cm³/mol. The number of anilines is 2.